The molecule has 80 valence electrons. The van der Waals surface area contributed by atoms with E-state index in [4.69, 9.17) is 0 Å². The van der Waals surface area contributed by atoms with E-state index in [1.807, 2.05) is 13.8 Å². The maximum Gasteiger partial charge on any atom is 0.237 e. The minimum Gasteiger partial charge on any atom is -0.353 e. The first-order chi connectivity index (χ1) is 6.68. The van der Waals surface area contributed by atoms with Gasteiger partial charge in [0.05, 0.1) is 6.04 Å². The molecule has 1 heterocycles. The van der Waals surface area contributed by atoms with Crippen LogP contribution in [0.15, 0.2) is 0 Å². The fourth-order valence-electron chi connectivity index (χ4n) is 2.85. The fourth-order valence-corrected chi connectivity index (χ4v) is 2.85. The normalized spacial score (nSPS) is 36.1. The second kappa shape index (κ2) is 3.89. The Hall–Kier alpha value is -0.570. The van der Waals surface area contributed by atoms with E-state index in [2.05, 4.69) is 10.6 Å². The highest BCUT2D eigenvalue weighted by atomic mass is 16.2. The van der Waals surface area contributed by atoms with Gasteiger partial charge >= 0.3 is 0 Å². The predicted octanol–water partition coefficient (Wildman–Crippen LogP) is 0.899. The van der Waals surface area contributed by atoms with E-state index in [-0.39, 0.29) is 18.0 Å². The minimum absolute atomic E-state index is 0.0879. The van der Waals surface area contributed by atoms with Crippen molar-refractivity contribution in [1.82, 2.24) is 10.6 Å². The Morgan fingerprint density at radius 2 is 2.21 bits per heavy atom. The summed E-state index contributed by atoms with van der Waals surface area (Å²) >= 11 is 0. The van der Waals surface area contributed by atoms with E-state index >= 15 is 0 Å². The molecule has 2 fully saturated rings. The van der Waals surface area contributed by atoms with Crippen LogP contribution in [0.3, 0.4) is 0 Å². The van der Waals surface area contributed by atoms with Crippen molar-refractivity contribution in [2.45, 2.75) is 45.2 Å². The SMILES string of the molecule is CC(C)NC(=O)C1NCC2CCCC21. The van der Waals surface area contributed by atoms with Crippen molar-refractivity contribution >= 4 is 5.91 Å². The summed E-state index contributed by atoms with van der Waals surface area (Å²) in [5, 5.41) is 6.35. The van der Waals surface area contributed by atoms with Gasteiger partial charge < -0.3 is 10.6 Å². The smallest absolute Gasteiger partial charge is 0.237 e. The van der Waals surface area contributed by atoms with Crippen LogP contribution in [0.25, 0.3) is 0 Å². The van der Waals surface area contributed by atoms with Gasteiger partial charge in [-0.2, -0.15) is 0 Å². The van der Waals surface area contributed by atoms with Crippen LogP contribution in [0.2, 0.25) is 0 Å². The van der Waals surface area contributed by atoms with Crippen molar-refractivity contribution in [1.29, 1.82) is 0 Å². The Balaban J connectivity index is 1.94. The largest absolute Gasteiger partial charge is 0.353 e. The average molecular weight is 196 g/mol. The Morgan fingerprint density at radius 3 is 2.93 bits per heavy atom. The molecule has 1 aliphatic carbocycles. The van der Waals surface area contributed by atoms with E-state index < -0.39 is 0 Å². The summed E-state index contributed by atoms with van der Waals surface area (Å²) in [7, 11) is 0. The third-order valence-electron chi connectivity index (χ3n) is 3.46. The summed E-state index contributed by atoms with van der Waals surface area (Å²) in [5.74, 6) is 1.57. The van der Waals surface area contributed by atoms with Crippen LogP contribution < -0.4 is 10.6 Å². The fraction of sp³-hybridized carbons (Fsp3) is 0.909. The van der Waals surface area contributed by atoms with E-state index in [1.165, 1.54) is 19.3 Å². The molecule has 2 N–H and O–H groups in total. The van der Waals surface area contributed by atoms with Crippen LogP contribution in [0, 0.1) is 11.8 Å². The molecular formula is C11H20N2O. The van der Waals surface area contributed by atoms with Crippen LogP contribution in [0.5, 0.6) is 0 Å². The first-order valence-electron chi connectivity index (χ1n) is 5.72. The Kier molecular flexibility index (Phi) is 2.77. The number of carbonyl (C=O) groups excluding carboxylic acids is 1. The molecule has 0 spiro atoms. The molecule has 0 bridgehead atoms. The quantitative estimate of drug-likeness (QED) is 0.689. The van der Waals surface area contributed by atoms with Crippen LogP contribution in [0.4, 0.5) is 0 Å². The minimum atomic E-state index is 0.0879. The highest BCUT2D eigenvalue weighted by Gasteiger charge is 2.42. The maximum absolute atomic E-state index is 11.8. The van der Waals surface area contributed by atoms with E-state index in [0.29, 0.717) is 5.92 Å². The molecule has 1 amide bonds. The highest BCUT2D eigenvalue weighted by Crippen LogP contribution is 2.37. The molecule has 0 radical (unpaired) electrons. The molecule has 0 aromatic heterocycles. The van der Waals surface area contributed by atoms with Gasteiger partial charge in [0, 0.05) is 6.04 Å². The number of fused-ring (bicyclic) bond motifs is 1. The van der Waals surface area contributed by atoms with Gasteiger partial charge in [0.15, 0.2) is 0 Å². The van der Waals surface area contributed by atoms with Crippen LogP contribution >= 0.6 is 0 Å². The molecule has 2 aliphatic rings. The molecule has 1 aliphatic heterocycles. The van der Waals surface area contributed by atoms with Crippen molar-refractivity contribution in [3.63, 3.8) is 0 Å². The van der Waals surface area contributed by atoms with Crippen LogP contribution in [0.1, 0.15) is 33.1 Å². The molecule has 2 rings (SSSR count). The van der Waals surface area contributed by atoms with Gasteiger partial charge in [0.2, 0.25) is 5.91 Å². The van der Waals surface area contributed by atoms with Crippen molar-refractivity contribution in [2.75, 3.05) is 6.54 Å². The summed E-state index contributed by atoms with van der Waals surface area (Å²) in [5.41, 5.74) is 0. The number of hydrogen-bond donors (Lipinski definition) is 2. The zero-order valence-electron chi connectivity index (χ0n) is 9.05. The maximum atomic E-state index is 11.8. The summed E-state index contributed by atoms with van der Waals surface area (Å²) in [6.45, 7) is 5.07. The predicted molar refractivity (Wildman–Crippen MR) is 55.9 cm³/mol. The van der Waals surface area contributed by atoms with Gasteiger partial charge in [0.25, 0.3) is 0 Å². The average Bonchev–Trinajstić information content (AvgIpc) is 2.59. The molecule has 1 saturated carbocycles. The monoisotopic (exact) mass is 196 g/mol. The van der Waals surface area contributed by atoms with Gasteiger partial charge in [0.1, 0.15) is 0 Å². The third-order valence-corrected chi connectivity index (χ3v) is 3.46. The number of carbonyl (C=O) groups is 1. The van der Waals surface area contributed by atoms with Crippen LogP contribution in [-0.2, 0) is 4.79 Å². The van der Waals surface area contributed by atoms with Crippen LogP contribution in [-0.4, -0.2) is 24.5 Å². The molecule has 0 aromatic rings. The highest BCUT2D eigenvalue weighted by molar-refractivity contribution is 5.82. The van der Waals surface area contributed by atoms with E-state index in [1.54, 1.807) is 0 Å². The lowest BCUT2D eigenvalue weighted by Gasteiger charge is -2.19. The Morgan fingerprint density at radius 1 is 1.43 bits per heavy atom. The second-order valence-electron chi connectivity index (χ2n) is 4.90. The number of rotatable bonds is 2. The first kappa shape index (κ1) is 9.97. The van der Waals surface area contributed by atoms with E-state index in [9.17, 15) is 4.79 Å². The molecule has 3 heteroatoms. The van der Waals surface area contributed by atoms with Crippen molar-refractivity contribution in [3.8, 4) is 0 Å². The third kappa shape index (κ3) is 1.78. The molecule has 0 aromatic carbocycles. The van der Waals surface area contributed by atoms with Crippen molar-refractivity contribution in [2.24, 2.45) is 11.8 Å². The molecule has 3 unspecified atom stereocenters. The number of nitrogens with one attached hydrogen (secondary N) is 2. The molecule has 3 nitrogen and oxygen atoms in total. The van der Waals surface area contributed by atoms with Gasteiger partial charge in [-0.25, -0.2) is 0 Å². The Labute approximate surface area is 85.6 Å². The molecule has 14 heavy (non-hydrogen) atoms. The lowest BCUT2D eigenvalue weighted by atomic mass is 9.93. The lowest BCUT2D eigenvalue weighted by Crippen LogP contribution is -2.46. The lowest BCUT2D eigenvalue weighted by molar-refractivity contribution is -0.124. The zero-order valence-corrected chi connectivity index (χ0v) is 9.05. The van der Waals surface area contributed by atoms with E-state index in [0.717, 1.165) is 12.5 Å². The number of hydrogen-bond acceptors (Lipinski definition) is 2. The summed E-state index contributed by atoms with van der Waals surface area (Å²) in [6, 6.07) is 0.342. The van der Waals surface area contributed by atoms with Gasteiger partial charge in [-0.15, -0.1) is 0 Å². The zero-order chi connectivity index (χ0) is 10.1. The standard InChI is InChI=1S/C11H20N2O/c1-7(2)13-11(14)10-9-5-3-4-8(9)6-12-10/h7-10,12H,3-6H2,1-2H3,(H,13,14). The summed E-state index contributed by atoms with van der Waals surface area (Å²) < 4.78 is 0. The summed E-state index contributed by atoms with van der Waals surface area (Å²) in [6.07, 6.45) is 3.85. The van der Waals surface area contributed by atoms with Crippen molar-refractivity contribution in [3.05, 3.63) is 0 Å². The van der Waals surface area contributed by atoms with Gasteiger partial charge in [-0.1, -0.05) is 6.42 Å². The molecule has 1 saturated heterocycles. The number of amides is 1. The van der Waals surface area contributed by atoms with Crippen molar-refractivity contribution < 1.29 is 4.79 Å². The molecular weight excluding hydrogens is 176 g/mol. The summed E-state index contributed by atoms with van der Waals surface area (Å²) in [4.78, 5) is 11.8. The molecule has 3 atom stereocenters. The Bertz CT molecular complexity index is 227. The topological polar surface area (TPSA) is 41.1 Å². The van der Waals surface area contributed by atoms with Gasteiger partial charge in [-0.05, 0) is 45.1 Å². The first-order valence-corrected chi connectivity index (χ1v) is 5.72. The van der Waals surface area contributed by atoms with Gasteiger partial charge in [-0.3, -0.25) is 4.79 Å². The second-order valence-corrected chi connectivity index (χ2v) is 4.90.